The Balaban J connectivity index is 1.38. The van der Waals surface area contributed by atoms with Gasteiger partial charge in [0.15, 0.2) is 23.2 Å². The maximum atomic E-state index is 12.8. The van der Waals surface area contributed by atoms with E-state index in [-0.39, 0.29) is 19.8 Å². The molecule has 236 valence electrons. The average Bonchev–Trinajstić information content (AvgIpc) is 3.01. The molecule has 1 heterocycles. The first-order valence-electron chi connectivity index (χ1n) is 14.0. The second kappa shape index (κ2) is 16.1. The van der Waals surface area contributed by atoms with Gasteiger partial charge in [0.1, 0.15) is 12.4 Å². The molecule has 0 bridgehead atoms. The van der Waals surface area contributed by atoms with Gasteiger partial charge in [-0.05, 0) is 80.5 Å². The molecule has 1 atom stereocenters. The van der Waals surface area contributed by atoms with Gasteiger partial charge < -0.3 is 29.6 Å². The van der Waals surface area contributed by atoms with Gasteiger partial charge in [-0.3, -0.25) is 4.79 Å². The minimum absolute atomic E-state index is 0.219. The van der Waals surface area contributed by atoms with Crippen molar-refractivity contribution in [3.05, 3.63) is 98.7 Å². The number of hydrogen-bond acceptors (Lipinski definition) is 8. The predicted molar refractivity (Wildman–Crippen MR) is 177 cm³/mol. The zero-order valence-electron chi connectivity index (χ0n) is 24.8. The second-order valence-corrected chi connectivity index (χ2v) is 10.8. The fourth-order valence-electron chi connectivity index (χ4n) is 4.39. The van der Waals surface area contributed by atoms with Crippen molar-refractivity contribution < 1.29 is 28.5 Å². The Morgan fingerprint density at radius 1 is 0.956 bits per heavy atom. The van der Waals surface area contributed by atoms with Crippen LogP contribution >= 0.6 is 35.4 Å². The number of carbonyl (C=O) groups is 2. The SMILES string of the molecule is CCOC(=O)C1=C(C)NC(=S)N[C@H]1c1ccccc1OCC(=O)NN=Cc1ccc(OCc2ccc(Cl)c(Cl)c2)c(OCC)c1. The summed E-state index contributed by atoms with van der Waals surface area (Å²) in [4.78, 5) is 25.4. The lowest BCUT2D eigenvalue weighted by Crippen LogP contribution is -2.45. The third kappa shape index (κ3) is 9.10. The largest absolute Gasteiger partial charge is 0.490 e. The van der Waals surface area contributed by atoms with E-state index in [1.807, 2.05) is 13.0 Å². The molecule has 1 aliphatic heterocycles. The van der Waals surface area contributed by atoms with Crippen molar-refractivity contribution in [2.45, 2.75) is 33.4 Å². The minimum Gasteiger partial charge on any atom is -0.490 e. The molecule has 0 radical (unpaired) electrons. The van der Waals surface area contributed by atoms with E-state index in [9.17, 15) is 9.59 Å². The van der Waals surface area contributed by atoms with Crippen molar-refractivity contribution in [3.63, 3.8) is 0 Å². The molecule has 45 heavy (non-hydrogen) atoms. The standard InChI is InChI=1S/C32H32Cl2N4O6S/c1-4-41-27-15-20(11-13-26(27)43-17-21-10-12-23(33)24(34)14-21)16-35-38-28(39)18-44-25-9-7-6-8-22(25)30-29(31(40)42-5-2)19(3)36-32(45)37-30/h6-16,30H,4-5,17-18H2,1-3H3,(H,38,39)(H2,36,37,45)/t30-/m0/s1. The van der Waals surface area contributed by atoms with Crippen molar-refractivity contribution in [1.29, 1.82) is 0 Å². The monoisotopic (exact) mass is 670 g/mol. The molecular weight excluding hydrogens is 639 g/mol. The fourth-order valence-corrected chi connectivity index (χ4v) is 4.99. The van der Waals surface area contributed by atoms with Gasteiger partial charge >= 0.3 is 5.97 Å². The van der Waals surface area contributed by atoms with E-state index >= 15 is 0 Å². The normalized spacial score (nSPS) is 14.4. The van der Waals surface area contributed by atoms with E-state index in [1.54, 1.807) is 68.4 Å². The number of nitrogens with zero attached hydrogens (tertiary/aromatic N) is 1. The highest BCUT2D eigenvalue weighted by atomic mass is 35.5. The van der Waals surface area contributed by atoms with Crippen LogP contribution in [0.2, 0.25) is 10.0 Å². The van der Waals surface area contributed by atoms with Crippen molar-refractivity contribution in [2.24, 2.45) is 5.10 Å². The molecule has 4 rings (SSSR count). The number of hydrogen-bond donors (Lipinski definition) is 3. The Kier molecular flexibility index (Phi) is 12.0. The van der Waals surface area contributed by atoms with Crippen LogP contribution in [0.5, 0.6) is 17.2 Å². The number of rotatable bonds is 13. The molecule has 10 nitrogen and oxygen atoms in total. The van der Waals surface area contributed by atoms with E-state index in [0.717, 1.165) is 5.56 Å². The van der Waals surface area contributed by atoms with Crippen LogP contribution in [0, 0.1) is 0 Å². The van der Waals surface area contributed by atoms with E-state index < -0.39 is 17.9 Å². The fraction of sp³-hybridized carbons (Fsp3) is 0.250. The average molecular weight is 672 g/mol. The van der Waals surface area contributed by atoms with Gasteiger partial charge in [-0.15, -0.1) is 0 Å². The summed E-state index contributed by atoms with van der Waals surface area (Å²) >= 11 is 17.4. The number of hydrazone groups is 1. The molecule has 0 aliphatic carbocycles. The van der Waals surface area contributed by atoms with Gasteiger partial charge in [-0.2, -0.15) is 5.10 Å². The van der Waals surface area contributed by atoms with E-state index in [4.69, 9.17) is 54.4 Å². The summed E-state index contributed by atoms with van der Waals surface area (Å²) in [5.74, 6) is 0.481. The van der Waals surface area contributed by atoms with Gasteiger partial charge in [-0.1, -0.05) is 47.5 Å². The maximum absolute atomic E-state index is 12.8. The molecule has 1 amide bonds. The number of para-hydroxylation sites is 1. The lowest BCUT2D eigenvalue weighted by Gasteiger charge is -2.30. The van der Waals surface area contributed by atoms with Crippen LogP contribution in [0.25, 0.3) is 0 Å². The van der Waals surface area contributed by atoms with Crippen LogP contribution in [-0.2, 0) is 20.9 Å². The third-order valence-electron chi connectivity index (χ3n) is 6.40. The lowest BCUT2D eigenvalue weighted by molar-refractivity contribution is -0.139. The Bertz CT molecular complexity index is 1630. The highest BCUT2D eigenvalue weighted by molar-refractivity contribution is 7.80. The molecular formula is C32H32Cl2N4O6S. The smallest absolute Gasteiger partial charge is 0.338 e. The van der Waals surface area contributed by atoms with E-state index in [1.165, 1.54) is 6.21 Å². The zero-order chi connectivity index (χ0) is 32.3. The summed E-state index contributed by atoms with van der Waals surface area (Å²) < 4.78 is 22.8. The topological polar surface area (TPSA) is 120 Å². The molecule has 0 saturated carbocycles. The molecule has 0 fully saturated rings. The van der Waals surface area contributed by atoms with Gasteiger partial charge in [0.05, 0.1) is 41.1 Å². The number of thiocarbonyl (C=S) groups is 1. The van der Waals surface area contributed by atoms with Crippen LogP contribution < -0.4 is 30.3 Å². The Labute approximate surface area is 276 Å². The molecule has 13 heteroatoms. The molecule has 0 spiro atoms. The van der Waals surface area contributed by atoms with Crippen LogP contribution in [0.4, 0.5) is 0 Å². The highest BCUT2D eigenvalue weighted by Gasteiger charge is 2.32. The first kappa shape index (κ1) is 33.6. The number of allylic oxidation sites excluding steroid dienone is 1. The summed E-state index contributed by atoms with van der Waals surface area (Å²) in [6.07, 6.45) is 1.48. The number of benzene rings is 3. The van der Waals surface area contributed by atoms with Gasteiger partial charge in [0.25, 0.3) is 5.91 Å². The number of halogens is 2. The molecule has 1 aliphatic rings. The number of ether oxygens (including phenoxy) is 4. The quantitative estimate of drug-likeness (QED) is 0.0890. The summed E-state index contributed by atoms with van der Waals surface area (Å²) in [6.45, 7) is 5.93. The molecule has 3 aromatic rings. The number of nitrogens with one attached hydrogen (secondary N) is 3. The van der Waals surface area contributed by atoms with Crippen LogP contribution in [0.3, 0.4) is 0 Å². The van der Waals surface area contributed by atoms with Gasteiger partial charge in [0, 0.05) is 11.3 Å². The Morgan fingerprint density at radius 3 is 2.51 bits per heavy atom. The van der Waals surface area contributed by atoms with Crippen molar-refractivity contribution in [1.82, 2.24) is 16.1 Å². The number of carbonyl (C=O) groups excluding carboxylic acids is 2. The van der Waals surface area contributed by atoms with E-state index in [0.29, 0.717) is 61.4 Å². The Morgan fingerprint density at radius 2 is 1.76 bits per heavy atom. The van der Waals surface area contributed by atoms with Gasteiger partial charge in [0.2, 0.25) is 0 Å². The summed E-state index contributed by atoms with van der Waals surface area (Å²) in [5.41, 5.74) is 5.54. The highest BCUT2D eigenvalue weighted by Crippen LogP contribution is 2.34. The van der Waals surface area contributed by atoms with E-state index in [2.05, 4.69) is 21.2 Å². The first-order valence-corrected chi connectivity index (χ1v) is 15.2. The molecule has 3 N–H and O–H groups in total. The van der Waals surface area contributed by atoms with Gasteiger partial charge in [-0.25, -0.2) is 10.2 Å². The second-order valence-electron chi connectivity index (χ2n) is 9.59. The summed E-state index contributed by atoms with van der Waals surface area (Å²) in [7, 11) is 0. The maximum Gasteiger partial charge on any atom is 0.338 e. The van der Waals surface area contributed by atoms with Crippen molar-refractivity contribution >= 4 is 58.6 Å². The third-order valence-corrected chi connectivity index (χ3v) is 7.36. The van der Waals surface area contributed by atoms with Crippen LogP contribution in [0.15, 0.2) is 77.0 Å². The minimum atomic E-state index is -0.634. The lowest BCUT2D eigenvalue weighted by atomic mass is 9.95. The predicted octanol–water partition coefficient (Wildman–Crippen LogP) is 5.86. The van der Waals surface area contributed by atoms with Crippen molar-refractivity contribution in [3.8, 4) is 17.2 Å². The number of esters is 1. The molecule has 3 aromatic carbocycles. The van der Waals surface area contributed by atoms with Crippen LogP contribution in [0.1, 0.15) is 43.5 Å². The zero-order valence-corrected chi connectivity index (χ0v) is 27.1. The molecule has 0 aromatic heterocycles. The number of amides is 1. The van der Waals surface area contributed by atoms with Crippen LogP contribution in [-0.4, -0.2) is 43.0 Å². The first-order chi connectivity index (χ1) is 21.7. The summed E-state index contributed by atoms with van der Waals surface area (Å²) in [6, 6.07) is 17.0. The Hall–Kier alpha value is -4.32. The molecule has 0 saturated heterocycles. The molecule has 0 unspecified atom stereocenters. The summed E-state index contributed by atoms with van der Waals surface area (Å²) in [5, 5.41) is 11.4. The van der Waals surface area contributed by atoms with Crippen molar-refractivity contribution in [2.75, 3.05) is 19.8 Å².